The Morgan fingerprint density at radius 2 is 1.88 bits per heavy atom. The van der Waals surface area contributed by atoms with Gasteiger partial charge in [0.05, 0.1) is 11.0 Å². The number of rotatable bonds is 6. The molecule has 2 heterocycles. The summed E-state index contributed by atoms with van der Waals surface area (Å²) in [6, 6.07) is 22.5. The number of nitrogens with one attached hydrogen (secondary N) is 2. The van der Waals surface area contributed by atoms with Gasteiger partial charge in [-0.2, -0.15) is 0 Å². The molecule has 2 aromatic heterocycles. The lowest BCUT2D eigenvalue weighted by atomic mass is 10.1. The van der Waals surface area contributed by atoms with E-state index in [2.05, 4.69) is 20.3 Å². The van der Waals surface area contributed by atoms with Crippen LogP contribution < -0.4 is 10.1 Å². The number of imidazole rings is 1. The standard InChI is InChI=1S/C26H19FN4O2/c27-20-8-11-23-24(14-20)31-25(30-23)18-6-9-21(10-7-18)29-26(32)19-4-1-5-22(13-19)33-16-17-3-2-12-28-15-17/h1-15H,16H2,(H,29,32)(H,30,31). The summed E-state index contributed by atoms with van der Waals surface area (Å²) in [5, 5.41) is 2.89. The van der Waals surface area contributed by atoms with Gasteiger partial charge in [-0.3, -0.25) is 9.78 Å². The Bertz CT molecular complexity index is 1420. The first-order valence-corrected chi connectivity index (χ1v) is 10.3. The number of amides is 1. The van der Waals surface area contributed by atoms with E-state index in [1.165, 1.54) is 12.1 Å². The first-order valence-electron chi connectivity index (χ1n) is 10.3. The number of fused-ring (bicyclic) bond motifs is 1. The van der Waals surface area contributed by atoms with Crippen molar-refractivity contribution in [3.63, 3.8) is 0 Å². The summed E-state index contributed by atoms with van der Waals surface area (Å²) in [7, 11) is 0. The van der Waals surface area contributed by atoms with E-state index in [9.17, 15) is 9.18 Å². The summed E-state index contributed by atoms with van der Waals surface area (Å²) in [6.07, 6.45) is 3.45. The van der Waals surface area contributed by atoms with Crippen molar-refractivity contribution >= 4 is 22.6 Å². The number of ether oxygens (including phenoxy) is 1. The van der Waals surface area contributed by atoms with Gasteiger partial charge in [0.2, 0.25) is 0 Å². The van der Waals surface area contributed by atoms with Crippen molar-refractivity contribution < 1.29 is 13.9 Å². The minimum Gasteiger partial charge on any atom is -0.489 e. The second-order valence-corrected chi connectivity index (χ2v) is 7.46. The van der Waals surface area contributed by atoms with E-state index in [4.69, 9.17) is 4.74 Å². The zero-order valence-electron chi connectivity index (χ0n) is 17.5. The molecule has 0 atom stereocenters. The van der Waals surface area contributed by atoms with Gasteiger partial charge in [0.15, 0.2) is 0 Å². The highest BCUT2D eigenvalue weighted by atomic mass is 19.1. The normalized spacial score (nSPS) is 10.8. The van der Waals surface area contributed by atoms with Crippen molar-refractivity contribution in [3.05, 3.63) is 108 Å². The molecule has 0 saturated carbocycles. The molecule has 2 N–H and O–H groups in total. The van der Waals surface area contributed by atoms with E-state index in [1.807, 2.05) is 24.3 Å². The Morgan fingerprint density at radius 1 is 1.00 bits per heavy atom. The number of hydrogen-bond acceptors (Lipinski definition) is 4. The Labute approximate surface area is 189 Å². The van der Waals surface area contributed by atoms with Crippen LogP contribution in [0.3, 0.4) is 0 Å². The lowest BCUT2D eigenvalue weighted by molar-refractivity contribution is 0.102. The largest absolute Gasteiger partial charge is 0.489 e. The van der Waals surface area contributed by atoms with Gasteiger partial charge in [0, 0.05) is 34.8 Å². The average molecular weight is 438 g/mol. The van der Waals surface area contributed by atoms with Gasteiger partial charge in [-0.15, -0.1) is 0 Å². The van der Waals surface area contributed by atoms with Crippen molar-refractivity contribution in [1.29, 1.82) is 0 Å². The predicted molar refractivity (Wildman–Crippen MR) is 124 cm³/mol. The number of carbonyl (C=O) groups is 1. The SMILES string of the molecule is O=C(Nc1ccc(-c2nc3ccc(F)cc3[nH]2)cc1)c1cccc(OCc2cccnc2)c1. The van der Waals surface area contributed by atoms with Crippen LogP contribution in [0.25, 0.3) is 22.4 Å². The highest BCUT2D eigenvalue weighted by molar-refractivity contribution is 6.04. The van der Waals surface area contributed by atoms with Crippen molar-refractivity contribution in [1.82, 2.24) is 15.0 Å². The summed E-state index contributed by atoms with van der Waals surface area (Å²) in [5.41, 5.74) is 4.23. The van der Waals surface area contributed by atoms with Crippen LogP contribution in [0, 0.1) is 5.82 Å². The second-order valence-electron chi connectivity index (χ2n) is 7.46. The fourth-order valence-electron chi connectivity index (χ4n) is 3.41. The molecule has 0 radical (unpaired) electrons. The molecule has 162 valence electrons. The van der Waals surface area contributed by atoms with Crippen molar-refractivity contribution in [3.8, 4) is 17.1 Å². The molecular weight excluding hydrogens is 419 g/mol. The monoisotopic (exact) mass is 438 g/mol. The van der Waals surface area contributed by atoms with Crippen LogP contribution in [0.2, 0.25) is 0 Å². The molecule has 0 unspecified atom stereocenters. The van der Waals surface area contributed by atoms with Gasteiger partial charge < -0.3 is 15.0 Å². The van der Waals surface area contributed by atoms with E-state index in [-0.39, 0.29) is 11.7 Å². The van der Waals surface area contributed by atoms with Gasteiger partial charge in [-0.25, -0.2) is 9.37 Å². The van der Waals surface area contributed by atoms with E-state index in [1.54, 1.807) is 54.9 Å². The Morgan fingerprint density at radius 3 is 2.70 bits per heavy atom. The van der Waals surface area contributed by atoms with E-state index in [0.29, 0.717) is 40.5 Å². The van der Waals surface area contributed by atoms with Crippen molar-refractivity contribution in [2.75, 3.05) is 5.32 Å². The van der Waals surface area contributed by atoms with E-state index in [0.717, 1.165) is 11.1 Å². The van der Waals surface area contributed by atoms with Gasteiger partial charge in [0.25, 0.3) is 5.91 Å². The quantitative estimate of drug-likeness (QED) is 0.362. The summed E-state index contributed by atoms with van der Waals surface area (Å²) in [6.45, 7) is 0.370. The zero-order chi connectivity index (χ0) is 22.6. The third-order valence-corrected chi connectivity index (χ3v) is 5.08. The lowest BCUT2D eigenvalue weighted by Crippen LogP contribution is -2.12. The average Bonchev–Trinajstić information content (AvgIpc) is 3.27. The number of H-pyrrole nitrogens is 1. The van der Waals surface area contributed by atoms with Crippen LogP contribution >= 0.6 is 0 Å². The lowest BCUT2D eigenvalue weighted by Gasteiger charge is -2.09. The van der Waals surface area contributed by atoms with E-state index < -0.39 is 0 Å². The topological polar surface area (TPSA) is 79.9 Å². The molecule has 5 rings (SSSR count). The summed E-state index contributed by atoms with van der Waals surface area (Å²) in [5.74, 6) is 0.672. The number of aromatic amines is 1. The van der Waals surface area contributed by atoms with Crippen molar-refractivity contribution in [2.45, 2.75) is 6.61 Å². The fourth-order valence-corrected chi connectivity index (χ4v) is 3.41. The third kappa shape index (κ3) is 4.72. The molecule has 0 saturated heterocycles. The minimum atomic E-state index is -0.317. The Kier molecular flexibility index (Phi) is 5.51. The third-order valence-electron chi connectivity index (χ3n) is 5.08. The molecule has 0 aliphatic rings. The van der Waals surface area contributed by atoms with Crippen LogP contribution in [-0.2, 0) is 6.61 Å². The number of carbonyl (C=O) groups excluding carboxylic acids is 1. The molecule has 0 aliphatic heterocycles. The van der Waals surface area contributed by atoms with Crippen molar-refractivity contribution in [2.24, 2.45) is 0 Å². The molecule has 5 aromatic rings. The van der Waals surface area contributed by atoms with Gasteiger partial charge in [-0.1, -0.05) is 12.1 Å². The van der Waals surface area contributed by atoms with Gasteiger partial charge in [0.1, 0.15) is 24.0 Å². The maximum atomic E-state index is 13.4. The van der Waals surface area contributed by atoms with Crippen LogP contribution in [-0.4, -0.2) is 20.9 Å². The summed E-state index contributed by atoms with van der Waals surface area (Å²) >= 11 is 0. The Balaban J connectivity index is 1.26. The smallest absolute Gasteiger partial charge is 0.255 e. The molecule has 7 heteroatoms. The number of benzene rings is 3. The molecule has 0 fully saturated rings. The zero-order valence-corrected chi connectivity index (χ0v) is 17.5. The Hall–Kier alpha value is -4.52. The van der Waals surface area contributed by atoms with Crippen LogP contribution in [0.4, 0.5) is 10.1 Å². The molecule has 33 heavy (non-hydrogen) atoms. The number of anilines is 1. The predicted octanol–water partition coefficient (Wildman–Crippen LogP) is 5.60. The van der Waals surface area contributed by atoms with Crippen LogP contribution in [0.1, 0.15) is 15.9 Å². The van der Waals surface area contributed by atoms with Gasteiger partial charge in [-0.05, 0) is 66.7 Å². The maximum Gasteiger partial charge on any atom is 0.255 e. The number of hydrogen-bond donors (Lipinski definition) is 2. The second kappa shape index (κ2) is 8.92. The molecule has 1 amide bonds. The number of nitrogens with zero attached hydrogens (tertiary/aromatic N) is 2. The molecule has 0 aliphatic carbocycles. The number of pyridine rings is 1. The molecule has 0 spiro atoms. The van der Waals surface area contributed by atoms with Crippen LogP contribution in [0.15, 0.2) is 91.3 Å². The van der Waals surface area contributed by atoms with Crippen LogP contribution in [0.5, 0.6) is 5.75 Å². The molecule has 6 nitrogen and oxygen atoms in total. The summed E-state index contributed by atoms with van der Waals surface area (Å²) in [4.78, 5) is 24.4. The number of aromatic nitrogens is 3. The molecular formula is C26H19FN4O2. The minimum absolute atomic E-state index is 0.242. The highest BCUT2D eigenvalue weighted by Crippen LogP contribution is 2.23. The summed E-state index contributed by atoms with van der Waals surface area (Å²) < 4.78 is 19.2. The molecule has 0 bridgehead atoms. The molecule has 3 aromatic carbocycles. The first-order chi connectivity index (χ1) is 16.1. The first kappa shape index (κ1) is 20.4. The maximum absolute atomic E-state index is 13.4. The fraction of sp³-hybridized carbons (Fsp3) is 0.0385. The highest BCUT2D eigenvalue weighted by Gasteiger charge is 2.10. The van der Waals surface area contributed by atoms with Gasteiger partial charge >= 0.3 is 0 Å². The van der Waals surface area contributed by atoms with E-state index >= 15 is 0 Å². The number of halogens is 1.